The van der Waals surface area contributed by atoms with Crippen molar-refractivity contribution in [2.75, 3.05) is 6.54 Å². The standard InChI is InChI=1S/C21H18F3N3O/c22-12-3-1-11(2-4-12)21(28)25-9-16-14-5-13(6-15(14)16)27-10-26-19-7-17(23)18(24)8-20(19)27/h1-4,7-8,10,13-16H,5-6,9H2,(H,25,28)/t13?,14-,15+,16?. The number of rotatable bonds is 4. The molecule has 4 nitrogen and oxygen atoms in total. The average Bonchev–Trinajstić information content (AvgIpc) is 3.00. The number of aromatic nitrogens is 2. The van der Waals surface area contributed by atoms with Crippen LogP contribution in [0, 0.1) is 35.2 Å². The maximum atomic E-state index is 13.6. The van der Waals surface area contributed by atoms with Gasteiger partial charge in [-0.2, -0.15) is 0 Å². The lowest BCUT2D eigenvalue weighted by Gasteiger charge is -2.17. The van der Waals surface area contributed by atoms with Crippen molar-refractivity contribution in [1.29, 1.82) is 0 Å². The smallest absolute Gasteiger partial charge is 0.251 e. The molecule has 1 aromatic heterocycles. The maximum Gasteiger partial charge on any atom is 0.251 e. The highest BCUT2D eigenvalue weighted by Gasteiger charge is 2.56. The topological polar surface area (TPSA) is 46.9 Å². The van der Waals surface area contributed by atoms with E-state index in [0.717, 1.165) is 18.9 Å². The SMILES string of the molecule is O=C(NCC1[C@H]2CC(n3cnc4cc(F)c(F)cc43)C[C@@H]12)c1ccc(F)cc1. The van der Waals surface area contributed by atoms with E-state index in [1.165, 1.54) is 30.3 Å². The molecule has 0 saturated heterocycles. The summed E-state index contributed by atoms with van der Waals surface area (Å²) in [5.41, 5.74) is 1.53. The molecule has 7 heteroatoms. The summed E-state index contributed by atoms with van der Waals surface area (Å²) in [6.07, 6.45) is 3.53. The second-order valence-corrected chi connectivity index (χ2v) is 7.74. The first kappa shape index (κ1) is 17.3. The van der Waals surface area contributed by atoms with Gasteiger partial charge in [-0.3, -0.25) is 4.79 Å². The molecule has 2 saturated carbocycles. The summed E-state index contributed by atoms with van der Waals surface area (Å²) < 4.78 is 41.9. The Labute approximate surface area is 159 Å². The lowest BCUT2D eigenvalue weighted by Crippen LogP contribution is -2.27. The van der Waals surface area contributed by atoms with Crippen LogP contribution in [0.25, 0.3) is 11.0 Å². The van der Waals surface area contributed by atoms with E-state index in [0.29, 0.717) is 40.9 Å². The van der Waals surface area contributed by atoms with E-state index in [1.54, 1.807) is 6.33 Å². The van der Waals surface area contributed by atoms with E-state index in [2.05, 4.69) is 10.3 Å². The number of nitrogens with one attached hydrogen (secondary N) is 1. The number of nitrogens with zero attached hydrogens (tertiary/aromatic N) is 2. The fraction of sp³-hybridized carbons (Fsp3) is 0.333. The lowest BCUT2D eigenvalue weighted by atomic mass is 10.1. The van der Waals surface area contributed by atoms with Gasteiger partial charge in [0.1, 0.15) is 5.82 Å². The van der Waals surface area contributed by atoms with E-state index in [1.807, 2.05) is 4.57 Å². The fourth-order valence-corrected chi connectivity index (χ4v) is 4.71. The summed E-state index contributed by atoms with van der Waals surface area (Å²) in [6, 6.07) is 8.05. The first-order valence-corrected chi connectivity index (χ1v) is 9.36. The average molecular weight is 385 g/mol. The maximum absolute atomic E-state index is 13.6. The second-order valence-electron chi connectivity index (χ2n) is 7.74. The highest BCUT2D eigenvalue weighted by molar-refractivity contribution is 5.94. The van der Waals surface area contributed by atoms with Gasteiger partial charge in [-0.25, -0.2) is 18.2 Å². The minimum atomic E-state index is -0.885. The van der Waals surface area contributed by atoms with Crippen molar-refractivity contribution in [1.82, 2.24) is 14.9 Å². The van der Waals surface area contributed by atoms with Gasteiger partial charge in [0, 0.05) is 30.3 Å². The van der Waals surface area contributed by atoms with Gasteiger partial charge in [0.25, 0.3) is 5.91 Å². The number of imidazole rings is 1. The Morgan fingerprint density at radius 3 is 2.46 bits per heavy atom. The van der Waals surface area contributed by atoms with Gasteiger partial charge in [0.2, 0.25) is 0 Å². The van der Waals surface area contributed by atoms with Gasteiger partial charge >= 0.3 is 0 Å². The number of benzene rings is 2. The first-order valence-electron chi connectivity index (χ1n) is 9.36. The molecule has 2 aliphatic rings. The molecule has 2 unspecified atom stereocenters. The van der Waals surface area contributed by atoms with Crippen LogP contribution in [0.3, 0.4) is 0 Å². The molecule has 2 aromatic carbocycles. The minimum Gasteiger partial charge on any atom is -0.352 e. The van der Waals surface area contributed by atoms with Crippen LogP contribution in [0.2, 0.25) is 0 Å². The number of carbonyl (C=O) groups is 1. The highest BCUT2D eigenvalue weighted by atomic mass is 19.2. The molecular formula is C21H18F3N3O. The molecule has 0 radical (unpaired) electrons. The molecule has 144 valence electrons. The Morgan fingerprint density at radius 1 is 1.07 bits per heavy atom. The molecule has 1 heterocycles. The van der Waals surface area contributed by atoms with Crippen LogP contribution >= 0.6 is 0 Å². The molecule has 0 aliphatic heterocycles. The molecule has 2 aliphatic carbocycles. The van der Waals surface area contributed by atoms with Crippen LogP contribution in [0.1, 0.15) is 29.2 Å². The van der Waals surface area contributed by atoms with E-state index >= 15 is 0 Å². The molecular weight excluding hydrogens is 367 g/mol. The first-order chi connectivity index (χ1) is 13.5. The van der Waals surface area contributed by atoms with Gasteiger partial charge in [0.05, 0.1) is 17.4 Å². The van der Waals surface area contributed by atoms with Gasteiger partial charge in [-0.05, 0) is 54.9 Å². The Hall–Kier alpha value is -2.83. The summed E-state index contributed by atoms with van der Waals surface area (Å²) in [5.74, 6) is -0.844. The molecule has 5 rings (SSSR count). The quantitative estimate of drug-likeness (QED) is 0.736. The molecule has 1 amide bonds. The minimum absolute atomic E-state index is 0.195. The van der Waals surface area contributed by atoms with Crippen LogP contribution in [0.4, 0.5) is 13.2 Å². The van der Waals surface area contributed by atoms with Crippen molar-refractivity contribution in [3.63, 3.8) is 0 Å². The summed E-state index contributed by atoms with van der Waals surface area (Å²) in [4.78, 5) is 16.3. The lowest BCUT2D eigenvalue weighted by molar-refractivity contribution is 0.0950. The third kappa shape index (κ3) is 2.85. The van der Waals surface area contributed by atoms with Crippen molar-refractivity contribution in [3.8, 4) is 0 Å². The number of amides is 1. The number of fused-ring (bicyclic) bond motifs is 2. The van der Waals surface area contributed by atoms with Crippen LogP contribution in [0.15, 0.2) is 42.7 Å². The Kier molecular flexibility index (Phi) is 3.92. The van der Waals surface area contributed by atoms with Crippen molar-refractivity contribution in [3.05, 3.63) is 65.7 Å². The van der Waals surface area contributed by atoms with Crippen molar-refractivity contribution in [2.45, 2.75) is 18.9 Å². The normalized spacial score (nSPS) is 25.7. The number of halogens is 3. The van der Waals surface area contributed by atoms with Crippen LogP contribution in [-0.4, -0.2) is 22.0 Å². The van der Waals surface area contributed by atoms with Gasteiger partial charge in [-0.1, -0.05) is 0 Å². The van der Waals surface area contributed by atoms with E-state index in [9.17, 15) is 18.0 Å². The molecule has 3 aromatic rings. The van der Waals surface area contributed by atoms with Crippen molar-refractivity contribution < 1.29 is 18.0 Å². The fourth-order valence-electron chi connectivity index (χ4n) is 4.71. The van der Waals surface area contributed by atoms with Gasteiger partial charge < -0.3 is 9.88 Å². The van der Waals surface area contributed by atoms with Crippen LogP contribution < -0.4 is 5.32 Å². The predicted molar refractivity (Wildman–Crippen MR) is 97.1 cm³/mol. The van der Waals surface area contributed by atoms with Crippen molar-refractivity contribution in [2.24, 2.45) is 17.8 Å². The summed E-state index contributed by atoms with van der Waals surface area (Å²) >= 11 is 0. The number of hydrogen-bond donors (Lipinski definition) is 1. The number of carbonyl (C=O) groups excluding carboxylic acids is 1. The zero-order valence-electron chi connectivity index (χ0n) is 14.9. The molecule has 1 N–H and O–H groups in total. The number of hydrogen-bond acceptors (Lipinski definition) is 2. The molecule has 0 bridgehead atoms. The molecule has 4 atom stereocenters. The highest BCUT2D eigenvalue weighted by Crippen LogP contribution is 2.60. The molecule has 2 fully saturated rings. The van der Waals surface area contributed by atoms with Gasteiger partial charge in [-0.15, -0.1) is 0 Å². The van der Waals surface area contributed by atoms with Crippen molar-refractivity contribution >= 4 is 16.9 Å². The Balaban J connectivity index is 1.20. The van der Waals surface area contributed by atoms with E-state index in [-0.39, 0.29) is 17.8 Å². The van der Waals surface area contributed by atoms with Crippen LogP contribution in [-0.2, 0) is 0 Å². The zero-order chi connectivity index (χ0) is 19.4. The van der Waals surface area contributed by atoms with E-state index in [4.69, 9.17) is 0 Å². The second kappa shape index (κ2) is 6.36. The van der Waals surface area contributed by atoms with E-state index < -0.39 is 11.6 Å². The van der Waals surface area contributed by atoms with Crippen LogP contribution in [0.5, 0.6) is 0 Å². The summed E-state index contributed by atoms with van der Waals surface area (Å²) in [7, 11) is 0. The molecule has 0 spiro atoms. The third-order valence-electron chi connectivity index (χ3n) is 6.21. The van der Waals surface area contributed by atoms with Gasteiger partial charge in [0.15, 0.2) is 11.6 Å². The summed E-state index contributed by atoms with van der Waals surface area (Å²) in [5, 5.41) is 2.93. The largest absolute Gasteiger partial charge is 0.352 e. The summed E-state index contributed by atoms with van der Waals surface area (Å²) in [6.45, 7) is 0.600. The molecule has 28 heavy (non-hydrogen) atoms. The monoisotopic (exact) mass is 385 g/mol. The zero-order valence-corrected chi connectivity index (χ0v) is 14.9. The predicted octanol–water partition coefficient (Wildman–Crippen LogP) is 4.08. The Bertz CT molecular complexity index is 1050. The Morgan fingerprint density at radius 2 is 1.75 bits per heavy atom. The third-order valence-corrected chi connectivity index (χ3v) is 6.21.